The van der Waals surface area contributed by atoms with E-state index in [1.165, 1.54) is 4.90 Å². The van der Waals surface area contributed by atoms with Crippen LogP contribution in [-0.4, -0.2) is 87.7 Å². The summed E-state index contributed by atoms with van der Waals surface area (Å²) in [7, 11) is 0. The minimum atomic E-state index is -1.34. The van der Waals surface area contributed by atoms with Crippen molar-refractivity contribution in [2.24, 2.45) is 5.92 Å². The molecule has 2 fully saturated rings. The molecule has 0 aliphatic carbocycles. The Hall–Kier alpha value is -3.63. The standard InChI is InChI=1S/C28H39N3O8/c1-17(2)16-19(29-27(37)39-28(3,4)5)23(32)30-14-9-12-20(30)24(33)31-21(25(34)35)22(31)26(36)38-15-13-18-10-7-6-8-11-18/h6-8,10-11,17,19-22H,9,12-16H2,1-5H3,(H,29,37)(H,34,35)/t19-,20+,21?,22?,31?/m0/s1. The Morgan fingerprint density at radius 1 is 1.08 bits per heavy atom. The summed E-state index contributed by atoms with van der Waals surface area (Å²) in [6.07, 6.45) is 0.898. The molecule has 3 amide bonds. The summed E-state index contributed by atoms with van der Waals surface area (Å²) in [5.41, 5.74) is 0.206. The molecule has 39 heavy (non-hydrogen) atoms. The Balaban J connectivity index is 1.67. The molecular weight excluding hydrogens is 506 g/mol. The summed E-state index contributed by atoms with van der Waals surface area (Å²) in [6, 6.07) is 4.93. The largest absolute Gasteiger partial charge is 0.480 e. The Labute approximate surface area is 228 Å². The van der Waals surface area contributed by atoms with E-state index in [0.29, 0.717) is 25.7 Å². The number of alkyl carbamates (subject to hydrolysis) is 1. The van der Waals surface area contributed by atoms with Crippen LogP contribution in [0.2, 0.25) is 0 Å². The van der Waals surface area contributed by atoms with Gasteiger partial charge in [-0.05, 0) is 51.5 Å². The van der Waals surface area contributed by atoms with E-state index < -0.39 is 59.6 Å². The quantitative estimate of drug-likeness (QED) is 0.337. The van der Waals surface area contributed by atoms with Gasteiger partial charge in [0.1, 0.15) is 17.7 Å². The van der Waals surface area contributed by atoms with Crippen molar-refractivity contribution in [1.82, 2.24) is 15.1 Å². The van der Waals surface area contributed by atoms with Crippen LogP contribution in [0.4, 0.5) is 4.79 Å². The number of ether oxygens (including phenoxy) is 2. The summed E-state index contributed by atoms with van der Waals surface area (Å²) in [6.45, 7) is 9.29. The lowest BCUT2D eigenvalue weighted by atomic mass is 10.0. The summed E-state index contributed by atoms with van der Waals surface area (Å²) < 4.78 is 10.6. The highest BCUT2D eigenvalue weighted by Crippen LogP contribution is 2.34. The topological polar surface area (TPSA) is 142 Å². The van der Waals surface area contributed by atoms with Gasteiger partial charge < -0.3 is 29.7 Å². The maximum Gasteiger partial charge on any atom is 0.408 e. The molecule has 2 saturated heterocycles. The summed E-state index contributed by atoms with van der Waals surface area (Å²) in [4.78, 5) is 66.3. The van der Waals surface area contributed by atoms with Crippen LogP contribution in [0.25, 0.3) is 0 Å². The lowest BCUT2D eigenvalue weighted by Gasteiger charge is -2.30. The zero-order chi connectivity index (χ0) is 28.9. The molecule has 2 unspecified atom stereocenters. The summed E-state index contributed by atoms with van der Waals surface area (Å²) >= 11 is 0. The Bertz CT molecular complexity index is 1070. The van der Waals surface area contributed by atoms with E-state index in [9.17, 15) is 29.1 Å². The van der Waals surface area contributed by atoms with Gasteiger partial charge >= 0.3 is 18.0 Å². The van der Waals surface area contributed by atoms with Crippen LogP contribution in [0.3, 0.4) is 0 Å². The summed E-state index contributed by atoms with van der Waals surface area (Å²) in [5.74, 6) is -3.09. The van der Waals surface area contributed by atoms with Gasteiger partial charge in [-0.25, -0.2) is 14.4 Å². The van der Waals surface area contributed by atoms with Gasteiger partial charge in [-0.1, -0.05) is 44.2 Å². The van der Waals surface area contributed by atoms with Crippen molar-refractivity contribution in [1.29, 1.82) is 0 Å². The number of carbonyl (C=O) groups excluding carboxylic acids is 4. The Morgan fingerprint density at radius 2 is 1.74 bits per heavy atom. The molecule has 2 aliphatic heterocycles. The second-order valence-corrected chi connectivity index (χ2v) is 11.4. The molecule has 11 heteroatoms. The number of nitrogens with zero attached hydrogens (tertiary/aromatic N) is 2. The number of hydrogen-bond acceptors (Lipinski definition) is 7. The fourth-order valence-electron chi connectivity index (χ4n) is 4.80. The minimum Gasteiger partial charge on any atom is -0.480 e. The number of likely N-dealkylation sites (tertiary alicyclic amines) is 1. The van der Waals surface area contributed by atoms with E-state index in [0.717, 1.165) is 10.5 Å². The SMILES string of the molecule is CC(C)C[C@H](NC(=O)OC(C)(C)C)C(=O)N1CCC[C@@H]1C(=O)N1C(C(=O)O)C1C(=O)OCCc1ccccc1. The smallest absolute Gasteiger partial charge is 0.408 e. The van der Waals surface area contributed by atoms with Gasteiger partial charge in [0, 0.05) is 13.0 Å². The van der Waals surface area contributed by atoms with Crippen molar-refractivity contribution in [2.45, 2.75) is 90.1 Å². The van der Waals surface area contributed by atoms with Gasteiger partial charge in [0.05, 0.1) is 6.61 Å². The number of aliphatic carboxylic acids is 1. The molecule has 1 aromatic rings. The maximum atomic E-state index is 13.5. The zero-order valence-electron chi connectivity index (χ0n) is 23.2. The number of carboxylic acid groups (broad SMARTS) is 1. The number of amides is 3. The average molecular weight is 546 g/mol. The van der Waals surface area contributed by atoms with E-state index in [1.54, 1.807) is 20.8 Å². The molecule has 11 nitrogen and oxygen atoms in total. The first-order chi connectivity index (χ1) is 18.3. The number of benzene rings is 1. The van der Waals surface area contributed by atoms with E-state index in [1.807, 2.05) is 44.2 Å². The van der Waals surface area contributed by atoms with Crippen LogP contribution in [0.1, 0.15) is 59.4 Å². The number of carboxylic acids is 1. The first-order valence-corrected chi connectivity index (χ1v) is 13.4. The van der Waals surface area contributed by atoms with Crippen LogP contribution in [0.15, 0.2) is 30.3 Å². The van der Waals surface area contributed by atoms with Crippen LogP contribution >= 0.6 is 0 Å². The van der Waals surface area contributed by atoms with E-state index in [4.69, 9.17) is 9.47 Å². The number of rotatable bonds is 10. The van der Waals surface area contributed by atoms with Crippen molar-refractivity contribution in [3.05, 3.63) is 35.9 Å². The molecule has 3 rings (SSSR count). The van der Waals surface area contributed by atoms with Gasteiger partial charge in [0.25, 0.3) is 0 Å². The minimum absolute atomic E-state index is 0.0506. The van der Waals surface area contributed by atoms with E-state index >= 15 is 0 Å². The Morgan fingerprint density at radius 3 is 2.33 bits per heavy atom. The van der Waals surface area contributed by atoms with Crippen LogP contribution in [0.5, 0.6) is 0 Å². The van der Waals surface area contributed by atoms with Crippen molar-refractivity contribution >= 4 is 29.8 Å². The molecular formula is C28H39N3O8. The average Bonchev–Trinajstić information content (AvgIpc) is 3.41. The maximum absolute atomic E-state index is 13.5. The lowest BCUT2D eigenvalue weighted by Crippen LogP contribution is -2.53. The number of hydrogen-bond donors (Lipinski definition) is 2. The van der Waals surface area contributed by atoms with Gasteiger partial charge in [-0.2, -0.15) is 0 Å². The lowest BCUT2D eigenvalue weighted by molar-refractivity contribution is -0.147. The fraction of sp³-hybridized carbons (Fsp3) is 0.607. The second-order valence-electron chi connectivity index (χ2n) is 11.4. The van der Waals surface area contributed by atoms with E-state index in [-0.39, 0.29) is 19.1 Å². The predicted octanol–water partition coefficient (Wildman–Crippen LogP) is 2.37. The molecule has 0 bridgehead atoms. The van der Waals surface area contributed by atoms with Gasteiger partial charge in [-0.3, -0.25) is 9.59 Å². The third-order valence-corrected chi connectivity index (χ3v) is 6.55. The predicted molar refractivity (Wildman–Crippen MR) is 141 cm³/mol. The first kappa shape index (κ1) is 29.9. The number of carbonyl (C=O) groups is 5. The summed E-state index contributed by atoms with van der Waals surface area (Å²) in [5, 5.41) is 12.3. The second kappa shape index (κ2) is 12.5. The number of nitrogens with one attached hydrogen (secondary N) is 1. The normalized spacial score (nSPS) is 21.3. The van der Waals surface area contributed by atoms with Crippen LogP contribution < -0.4 is 5.32 Å². The third kappa shape index (κ3) is 7.93. The van der Waals surface area contributed by atoms with Crippen molar-refractivity contribution in [3.8, 4) is 0 Å². The highest BCUT2D eigenvalue weighted by molar-refractivity contribution is 6.03. The fourth-order valence-corrected chi connectivity index (χ4v) is 4.80. The van der Waals surface area contributed by atoms with Crippen LogP contribution in [-0.2, 0) is 35.1 Å². The monoisotopic (exact) mass is 545 g/mol. The molecule has 4 atom stereocenters. The molecule has 2 heterocycles. The van der Waals surface area contributed by atoms with Gasteiger partial charge in [0.15, 0.2) is 12.1 Å². The number of esters is 1. The van der Waals surface area contributed by atoms with Crippen molar-refractivity contribution < 1.29 is 38.6 Å². The first-order valence-electron chi connectivity index (χ1n) is 13.4. The molecule has 2 aliphatic rings. The van der Waals surface area contributed by atoms with E-state index in [2.05, 4.69) is 5.32 Å². The van der Waals surface area contributed by atoms with Crippen molar-refractivity contribution in [3.63, 3.8) is 0 Å². The molecule has 1 aromatic carbocycles. The molecule has 0 saturated carbocycles. The van der Waals surface area contributed by atoms with Gasteiger partial charge in [0.2, 0.25) is 11.8 Å². The highest BCUT2D eigenvalue weighted by Gasteiger charge is 2.63. The highest BCUT2D eigenvalue weighted by atomic mass is 16.6. The van der Waals surface area contributed by atoms with Gasteiger partial charge in [-0.15, -0.1) is 0 Å². The Kier molecular flexibility index (Phi) is 9.58. The van der Waals surface area contributed by atoms with Crippen molar-refractivity contribution in [2.75, 3.05) is 13.2 Å². The molecule has 0 radical (unpaired) electrons. The molecule has 0 aromatic heterocycles. The zero-order valence-corrected chi connectivity index (χ0v) is 23.2. The third-order valence-electron chi connectivity index (χ3n) is 6.55. The molecule has 2 N–H and O–H groups in total. The van der Waals surface area contributed by atoms with Crippen LogP contribution in [0, 0.1) is 5.92 Å². The molecule has 214 valence electrons. The molecule has 0 spiro atoms.